The smallest absolute Gasteiger partial charge is 0.250 e. The van der Waals surface area contributed by atoms with E-state index < -0.39 is 0 Å². The molecule has 7 heteroatoms. The molecule has 3 aromatic rings. The zero-order chi connectivity index (χ0) is 16.2. The van der Waals surface area contributed by atoms with Gasteiger partial charge in [-0.1, -0.05) is 17.4 Å². The molecule has 1 N–H and O–H groups in total. The van der Waals surface area contributed by atoms with Gasteiger partial charge < -0.3 is 9.47 Å². The molecule has 0 aliphatic carbocycles. The summed E-state index contributed by atoms with van der Waals surface area (Å²) in [5.74, 6) is 1.09. The van der Waals surface area contributed by atoms with Gasteiger partial charge in [0.2, 0.25) is 5.91 Å². The summed E-state index contributed by atoms with van der Waals surface area (Å²) in [7, 11) is 3.18. The number of thiophene rings is 1. The summed E-state index contributed by atoms with van der Waals surface area (Å²) < 4.78 is 11.4. The Bertz CT molecular complexity index is 854. The van der Waals surface area contributed by atoms with Crippen LogP contribution in [-0.2, 0) is 4.79 Å². The predicted octanol–water partition coefficient (Wildman–Crippen LogP) is 4.03. The molecular weight excluding hydrogens is 332 g/mol. The number of amides is 1. The quantitative estimate of drug-likeness (QED) is 0.709. The number of hydrogen-bond acceptors (Lipinski definition) is 6. The number of fused-ring (bicyclic) bond motifs is 1. The molecule has 2 aromatic heterocycles. The summed E-state index contributed by atoms with van der Waals surface area (Å²) in [5.41, 5.74) is 0.704. The van der Waals surface area contributed by atoms with Crippen LogP contribution in [0.3, 0.4) is 0 Å². The molecular formula is C16H14N2O3S2. The molecule has 0 radical (unpaired) electrons. The van der Waals surface area contributed by atoms with Gasteiger partial charge in [0.1, 0.15) is 17.0 Å². The minimum atomic E-state index is -0.219. The van der Waals surface area contributed by atoms with Crippen molar-refractivity contribution in [1.29, 1.82) is 0 Å². The second-order valence-corrected chi connectivity index (χ2v) is 6.54. The number of aromatic nitrogens is 1. The van der Waals surface area contributed by atoms with E-state index in [0.29, 0.717) is 22.1 Å². The number of rotatable bonds is 5. The van der Waals surface area contributed by atoms with E-state index in [4.69, 9.17) is 9.47 Å². The van der Waals surface area contributed by atoms with Gasteiger partial charge in [-0.05, 0) is 23.6 Å². The van der Waals surface area contributed by atoms with Crippen molar-refractivity contribution >= 4 is 50.0 Å². The van der Waals surface area contributed by atoms with Gasteiger partial charge in [-0.15, -0.1) is 11.3 Å². The average Bonchev–Trinajstić information content (AvgIpc) is 3.20. The molecule has 0 aliphatic rings. The van der Waals surface area contributed by atoms with E-state index in [9.17, 15) is 4.79 Å². The molecule has 5 nitrogen and oxygen atoms in total. The maximum atomic E-state index is 12.0. The molecule has 0 atom stereocenters. The predicted molar refractivity (Wildman–Crippen MR) is 94.7 cm³/mol. The fourth-order valence-electron chi connectivity index (χ4n) is 1.99. The van der Waals surface area contributed by atoms with Gasteiger partial charge >= 0.3 is 0 Å². The van der Waals surface area contributed by atoms with E-state index in [1.54, 1.807) is 37.7 Å². The van der Waals surface area contributed by atoms with E-state index in [1.165, 1.54) is 17.4 Å². The molecule has 0 aliphatic heterocycles. The Balaban J connectivity index is 1.81. The largest absolute Gasteiger partial charge is 0.497 e. The van der Waals surface area contributed by atoms with Crippen LogP contribution in [0.2, 0.25) is 0 Å². The van der Waals surface area contributed by atoms with Gasteiger partial charge in [0.05, 0.1) is 18.9 Å². The molecule has 1 amide bonds. The third-order valence-electron chi connectivity index (χ3n) is 3.06. The molecule has 0 unspecified atom stereocenters. The topological polar surface area (TPSA) is 60.5 Å². The van der Waals surface area contributed by atoms with Crippen molar-refractivity contribution in [2.45, 2.75) is 0 Å². The van der Waals surface area contributed by atoms with Crippen LogP contribution < -0.4 is 14.8 Å². The normalized spacial score (nSPS) is 11.0. The highest BCUT2D eigenvalue weighted by molar-refractivity contribution is 7.22. The van der Waals surface area contributed by atoms with Crippen LogP contribution >= 0.6 is 22.7 Å². The van der Waals surface area contributed by atoms with Gasteiger partial charge in [0.15, 0.2) is 5.13 Å². The van der Waals surface area contributed by atoms with E-state index in [1.807, 2.05) is 23.6 Å². The third kappa shape index (κ3) is 3.52. The van der Waals surface area contributed by atoms with Crippen LogP contribution in [-0.4, -0.2) is 25.1 Å². The number of nitrogens with zero attached hydrogens (tertiary/aromatic N) is 1. The molecule has 0 saturated heterocycles. The van der Waals surface area contributed by atoms with Crippen LogP contribution in [0.4, 0.5) is 5.13 Å². The first kappa shape index (κ1) is 15.5. The Hall–Kier alpha value is -2.38. The van der Waals surface area contributed by atoms with Crippen LogP contribution in [0.1, 0.15) is 4.88 Å². The Labute approximate surface area is 141 Å². The lowest BCUT2D eigenvalue weighted by atomic mass is 10.3. The van der Waals surface area contributed by atoms with Crippen molar-refractivity contribution in [3.63, 3.8) is 0 Å². The zero-order valence-corrected chi connectivity index (χ0v) is 14.2. The van der Waals surface area contributed by atoms with Crippen molar-refractivity contribution < 1.29 is 14.3 Å². The fraction of sp³-hybridized carbons (Fsp3) is 0.125. The lowest BCUT2D eigenvalue weighted by Crippen LogP contribution is -2.07. The molecule has 3 rings (SSSR count). The highest BCUT2D eigenvalue weighted by atomic mass is 32.1. The maximum Gasteiger partial charge on any atom is 0.250 e. The summed E-state index contributed by atoms with van der Waals surface area (Å²) in [6.45, 7) is 0. The summed E-state index contributed by atoms with van der Waals surface area (Å²) >= 11 is 2.95. The molecule has 0 bridgehead atoms. The van der Waals surface area contributed by atoms with Gasteiger partial charge in [-0.3, -0.25) is 10.1 Å². The Kier molecular flexibility index (Phi) is 4.59. The van der Waals surface area contributed by atoms with E-state index in [-0.39, 0.29) is 5.91 Å². The van der Waals surface area contributed by atoms with Crippen molar-refractivity contribution in [3.05, 3.63) is 40.6 Å². The minimum Gasteiger partial charge on any atom is -0.497 e. The van der Waals surface area contributed by atoms with Gasteiger partial charge in [-0.2, -0.15) is 0 Å². The number of carbonyl (C=O) groups is 1. The third-order valence-corrected chi connectivity index (χ3v) is 4.82. The van der Waals surface area contributed by atoms with Crippen molar-refractivity contribution in [3.8, 4) is 11.5 Å². The number of carbonyl (C=O) groups excluding carboxylic acids is 1. The van der Waals surface area contributed by atoms with Crippen molar-refractivity contribution in [2.24, 2.45) is 0 Å². The second kappa shape index (κ2) is 6.80. The number of anilines is 1. The number of benzene rings is 1. The van der Waals surface area contributed by atoms with Gasteiger partial charge in [-0.25, -0.2) is 4.98 Å². The minimum absolute atomic E-state index is 0.219. The van der Waals surface area contributed by atoms with Crippen molar-refractivity contribution in [2.75, 3.05) is 19.5 Å². The Morgan fingerprint density at radius 1 is 1.30 bits per heavy atom. The maximum absolute atomic E-state index is 12.0. The van der Waals surface area contributed by atoms with E-state index in [0.717, 1.165) is 9.58 Å². The van der Waals surface area contributed by atoms with Gasteiger partial charge in [0.25, 0.3) is 0 Å². The monoisotopic (exact) mass is 346 g/mol. The zero-order valence-electron chi connectivity index (χ0n) is 12.5. The number of ether oxygens (including phenoxy) is 2. The number of hydrogen-bond donors (Lipinski definition) is 1. The molecule has 0 fully saturated rings. The SMILES string of the molecule is COc1cc(OC)c2nc(NC(=O)C=Cc3cccs3)sc2c1. The number of thiazole rings is 1. The highest BCUT2D eigenvalue weighted by Crippen LogP contribution is 2.36. The second-order valence-electron chi connectivity index (χ2n) is 4.53. The fourth-order valence-corrected chi connectivity index (χ4v) is 3.53. The van der Waals surface area contributed by atoms with E-state index in [2.05, 4.69) is 10.3 Å². The first-order chi connectivity index (χ1) is 11.2. The van der Waals surface area contributed by atoms with E-state index >= 15 is 0 Å². The van der Waals surface area contributed by atoms with Gasteiger partial charge in [0, 0.05) is 17.0 Å². The summed E-state index contributed by atoms with van der Waals surface area (Å²) in [6.07, 6.45) is 3.27. The standard InChI is InChI=1S/C16H14N2O3S2/c1-20-10-8-12(21-2)15-13(9-10)23-16(18-15)17-14(19)6-5-11-4-3-7-22-11/h3-9H,1-2H3,(H,17,18,19). The number of nitrogens with one attached hydrogen (secondary N) is 1. The summed E-state index contributed by atoms with van der Waals surface area (Å²) in [4.78, 5) is 17.4. The Morgan fingerprint density at radius 3 is 2.87 bits per heavy atom. The lowest BCUT2D eigenvalue weighted by Gasteiger charge is -2.03. The molecule has 118 valence electrons. The summed E-state index contributed by atoms with van der Waals surface area (Å²) in [5, 5.41) is 5.26. The molecule has 1 aromatic carbocycles. The van der Waals surface area contributed by atoms with Crippen molar-refractivity contribution in [1.82, 2.24) is 4.98 Å². The van der Waals surface area contributed by atoms with Crippen LogP contribution in [0.25, 0.3) is 16.3 Å². The van der Waals surface area contributed by atoms with Crippen LogP contribution in [0, 0.1) is 0 Å². The summed E-state index contributed by atoms with van der Waals surface area (Å²) in [6, 6.07) is 7.52. The average molecular weight is 346 g/mol. The Morgan fingerprint density at radius 2 is 2.17 bits per heavy atom. The molecule has 23 heavy (non-hydrogen) atoms. The van der Waals surface area contributed by atoms with Crippen LogP contribution in [0.5, 0.6) is 11.5 Å². The highest BCUT2D eigenvalue weighted by Gasteiger charge is 2.12. The van der Waals surface area contributed by atoms with Crippen LogP contribution in [0.15, 0.2) is 35.7 Å². The lowest BCUT2D eigenvalue weighted by molar-refractivity contribution is -0.111. The number of methoxy groups -OCH3 is 2. The first-order valence-corrected chi connectivity index (χ1v) is 8.44. The molecule has 0 saturated carbocycles. The molecule has 2 heterocycles. The molecule has 0 spiro atoms. The first-order valence-electron chi connectivity index (χ1n) is 6.74.